The fourth-order valence-electron chi connectivity index (χ4n) is 2.17. The summed E-state index contributed by atoms with van der Waals surface area (Å²) in [6.45, 7) is 11.1. The number of carbonyl (C=O) groups excluding carboxylic acids is 1. The minimum atomic E-state index is -0.417. The molecule has 0 bridgehead atoms. The number of benzene rings is 1. The number of hydrogen-bond acceptors (Lipinski definition) is 6. The van der Waals surface area contributed by atoms with Crippen LogP contribution >= 0.6 is 0 Å². The van der Waals surface area contributed by atoms with Crippen molar-refractivity contribution in [3.63, 3.8) is 0 Å². The number of ketones is 1. The van der Waals surface area contributed by atoms with Gasteiger partial charge in [0.25, 0.3) is 0 Å². The van der Waals surface area contributed by atoms with Crippen molar-refractivity contribution >= 4 is 5.78 Å². The van der Waals surface area contributed by atoms with Crippen molar-refractivity contribution in [2.24, 2.45) is 10.8 Å². The molecule has 180 valence electrons. The van der Waals surface area contributed by atoms with E-state index in [4.69, 9.17) is 14.2 Å². The summed E-state index contributed by atoms with van der Waals surface area (Å²) >= 11 is 0. The molecule has 1 heterocycles. The summed E-state index contributed by atoms with van der Waals surface area (Å²) < 4.78 is 15.6. The molecule has 0 fully saturated rings. The van der Waals surface area contributed by atoms with Gasteiger partial charge in [-0.3, -0.25) is 4.79 Å². The van der Waals surface area contributed by atoms with Crippen molar-refractivity contribution < 1.29 is 45.2 Å². The minimum absolute atomic E-state index is 0. The standard InChI is InChI=1S/C14H14NO3.C11H20O2.Pt/c1-16-10-4-5-12(14(9-10)18-3)13-8-11(17-2)6-7-15-13;1-10(2,3)8(12)7-9(13)11(4,5)6;/h4,6-9H,1-3H3;7,12H,1-6H3;/q-1;;/b;8-7-;. The Labute approximate surface area is 206 Å². The van der Waals surface area contributed by atoms with Crippen LogP contribution in [0.15, 0.2) is 42.3 Å². The number of methoxy groups -OCH3 is 3. The zero-order chi connectivity index (χ0) is 23.8. The van der Waals surface area contributed by atoms with E-state index < -0.39 is 5.41 Å². The summed E-state index contributed by atoms with van der Waals surface area (Å²) in [7, 11) is 4.83. The first-order valence-electron chi connectivity index (χ1n) is 9.93. The molecule has 0 atom stereocenters. The van der Waals surface area contributed by atoms with Gasteiger partial charge in [-0.15, -0.1) is 12.1 Å². The molecule has 32 heavy (non-hydrogen) atoms. The monoisotopic (exact) mass is 623 g/mol. The van der Waals surface area contributed by atoms with E-state index in [0.717, 1.165) is 17.0 Å². The summed E-state index contributed by atoms with van der Waals surface area (Å²) in [5.74, 6) is 2.20. The van der Waals surface area contributed by atoms with Crippen LogP contribution in [-0.4, -0.2) is 37.2 Å². The third-order valence-corrected chi connectivity index (χ3v) is 4.33. The van der Waals surface area contributed by atoms with Gasteiger partial charge in [-0.05, 0) is 17.8 Å². The molecule has 6 nitrogen and oxygen atoms in total. The largest absolute Gasteiger partial charge is 0.540 e. The predicted octanol–water partition coefficient (Wildman–Crippen LogP) is 5.66. The van der Waals surface area contributed by atoms with Crippen LogP contribution in [0.2, 0.25) is 0 Å². The molecule has 1 N–H and O–H groups in total. The third-order valence-electron chi connectivity index (χ3n) is 4.33. The maximum Gasteiger partial charge on any atom is 0.164 e. The molecule has 0 aliphatic heterocycles. The average molecular weight is 624 g/mol. The fourth-order valence-corrected chi connectivity index (χ4v) is 2.17. The predicted molar refractivity (Wildman–Crippen MR) is 123 cm³/mol. The van der Waals surface area contributed by atoms with Crippen LogP contribution in [-0.2, 0) is 25.9 Å². The van der Waals surface area contributed by atoms with Crippen molar-refractivity contribution in [3.8, 4) is 28.5 Å². The zero-order valence-electron chi connectivity index (χ0n) is 20.3. The van der Waals surface area contributed by atoms with E-state index in [-0.39, 0.29) is 38.0 Å². The van der Waals surface area contributed by atoms with Crippen molar-refractivity contribution in [2.45, 2.75) is 41.5 Å². The van der Waals surface area contributed by atoms with Crippen molar-refractivity contribution in [2.75, 3.05) is 21.3 Å². The second-order valence-electron chi connectivity index (χ2n) is 8.96. The van der Waals surface area contributed by atoms with Gasteiger partial charge in [0.15, 0.2) is 5.78 Å². The molecule has 0 aliphatic rings. The van der Waals surface area contributed by atoms with Gasteiger partial charge in [0.1, 0.15) is 11.5 Å². The minimum Gasteiger partial charge on any atom is -0.540 e. The van der Waals surface area contributed by atoms with E-state index in [1.165, 1.54) is 6.08 Å². The molecular formula is C25H34NO5Pt-. The molecule has 0 saturated heterocycles. The number of nitrogens with zero attached hydrogens (tertiary/aromatic N) is 1. The molecule has 7 heteroatoms. The molecule has 0 amide bonds. The molecule has 0 unspecified atom stereocenters. The van der Waals surface area contributed by atoms with Gasteiger partial charge in [0, 0.05) is 55.7 Å². The molecule has 1 aromatic heterocycles. The number of rotatable bonds is 5. The number of aliphatic hydroxyl groups is 1. The van der Waals surface area contributed by atoms with Crippen LogP contribution in [0.25, 0.3) is 11.3 Å². The molecule has 0 aliphatic carbocycles. The molecule has 2 rings (SSSR count). The van der Waals surface area contributed by atoms with E-state index in [1.807, 2.05) is 47.6 Å². The van der Waals surface area contributed by atoms with Crippen LogP contribution in [0.5, 0.6) is 17.2 Å². The average Bonchev–Trinajstić information content (AvgIpc) is 2.72. The van der Waals surface area contributed by atoms with Crippen LogP contribution in [0, 0.1) is 16.9 Å². The Bertz CT molecular complexity index is 911. The maximum absolute atomic E-state index is 11.5. The second-order valence-corrected chi connectivity index (χ2v) is 8.96. The Morgan fingerprint density at radius 3 is 2.03 bits per heavy atom. The Morgan fingerprint density at radius 2 is 1.56 bits per heavy atom. The number of allylic oxidation sites excluding steroid dienone is 2. The van der Waals surface area contributed by atoms with Gasteiger partial charge >= 0.3 is 0 Å². The first kappa shape index (κ1) is 29.7. The van der Waals surface area contributed by atoms with Gasteiger partial charge in [0.05, 0.1) is 21.3 Å². The Balaban J connectivity index is 0.000000617. The zero-order valence-corrected chi connectivity index (χ0v) is 22.6. The van der Waals surface area contributed by atoms with E-state index in [9.17, 15) is 9.90 Å². The molecule has 2 aromatic rings. The normalized spacial score (nSPS) is 11.5. The summed E-state index contributed by atoms with van der Waals surface area (Å²) in [6, 6.07) is 10.3. The van der Waals surface area contributed by atoms with Crippen LogP contribution < -0.4 is 14.2 Å². The number of ether oxygens (including phenoxy) is 3. The Kier molecular flexibility index (Phi) is 11.7. The summed E-state index contributed by atoms with van der Waals surface area (Å²) in [5.41, 5.74) is 0.756. The van der Waals surface area contributed by atoms with Gasteiger partial charge in [-0.2, -0.15) is 0 Å². The fraction of sp³-hybridized carbons (Fsp3) is 0.440. The number of hydrogen-bond donors (Lipinski definition) is 1. The van der Waals surface area contributed by atoms with E-state index >= 15 is 0 Å². The van der Waals surface area contributed by atoms with E-state index in [1.54, 1.807) is 45.7 Å². The molecule has 0 spiro atoms. The summed E-state index contributed by atoms with van der Waals surface area (Å²) in [6.07, 6.45) is 3.02. The first-order chi connectivity index (χ1) is 14.3. The molecule has 0 radical (unpaired) electrons. The summed E-state index contributed by atoms with van der Waals surface area (Å²) in [5, 5.41) is 9.56. The number of pyridine rings is 1. The Morgan fingerprint density at radius 1 is 0.969 bits per heavy atom. The first-order valence-corrected chi connectivity index (χ1v) is 9.93. The van der Waals surface area contributed by atoms with Crippen LogP contribution in [0.3, 0.4) is 0 Å². The third kappa shape index (κ3) is 9.04. The number of aliphatic hydroxyl groups excluding tert-OH is 1. The second kappa shape index (κ2) is 12.6. The van der Waals surface area contributed by atoms with Crippen molar-refractivity contribution in [1.29, 1.82) is 0 Å². The topological polar surface area (TPSA) is 77.9 Å². The SMILES string of the molecule is CC(C)(C)C(=O)/C=C(\O)C(C)(C)C.COc1ccnc(-c2[c-]cc(OC)cc2OC)c1.[Pt]. The molecular weight excluding hydrogens is 589 g/mol. The van der Waals surface area contributed by atoms with E-state index in [0.29, 0.717) is 11.5 Å². The van der Waals surface area contributed by atoms with Gasteiger partial charge in [-0.25, -0.2) is 0 Å². The van der Waals surface area contributed by atoms with Crippen LogP contribution in [0.4, 0.5) is 0 Å². The quantitative estimate of drug-likeness (QED) is 0.263. The number of aromatic nitrogens is 1. The van der Waals surface area contributed by atoms with Gasteiger partial charge < -0.3 is 24.3 Å². The van der Waals surface area contributed by atoms with E-state index in [2.05, 4.69) is 11.1 Å². The van der Waals surface area contributed by atoms with Gasteiger partial charge in [-0.1, -0.05) is 53.2 Å². The smallest absolute Gasteiger partial charge is 0.164 e. The maximum atomic E-state index is 11.5. The summed E-state index contributed by atoms with van der Waals surface area (Å²) in [4.78, 5) is 15.8. The molecule has 0 saturated carbocycles. The van der Waals surface area contributed by atoms with Crippen molar-refractivity contribution in [3.05, 3.63) is 48.4 Å². The molecule has 1 aromatic carbocycles. The number of carbonyl (C=O) groups is 1. The van der Waals surface area contributed by atoms with Crippen LogP contribution in [0.1, 0.15) is 41.5 Å². The van der Waals surface area contributed by atoms with Gasteiger partial charge in [0.2, 0.25) is 0 Å². The Hall–Kier alpha value is -2.33. The van der Waals surface area contributed by atoms with Crippen molar-refractivity contribution in [1.82, 2.24) is 4.98 Å².